The van der Waals surface area contributed by atoms with Gasteiger partial charge in [-0.3, -0.25) is 14.4 Å². The third kappa shape index (κ3) is 18.8. The summed E-state index contributed by atoms with van der Waals surface area (Å²) in [4.78, 5) is 35.8. The Bertz CT molecular complexity index is 2100. The maximum absolute atomic E-state index is 12.9. The fraction of sp³-hybridized carbons (Fsp3) is 0.562. The Kier molecular flexibility index (Phi) is 20.6. The Hall–Kier alpha value is -5.70. The highest BCUT2D eigenvalue weighted by atomic mass is 19.4. The molecule has 0 heterocycles. The first-order chi connectivity index (χ1) is 34.6. The topological polar surface area (TPSA) is 176 Å². The number of rotatable bonds is 21. The number of amides is 3. The van der Waals surface area contributed by atoms with Crippen LogP contribution in [0.25, 0.3) is 0 Å². The van der Waals surface area contributed by atoms with Gasteiger partial charge in [-0.25, -0.2) is 26.3 Å². The lowest BCUT2D eigenvalue weighted by molar-refractivity contribution is -0.275. The molecule has 75 heavy (non-hydrogen) atoms. The van der Waals surface area contributed by atoms with Gasteiger partial charge in [0.15, 0.2) is 0 Å². The van der Waals surface area contributed by atoms with Crippen molar-refractivity contribution >= 4 is 17.7 Å². The Morgan fingerprint density at radius 3 is 0.840 bits per heavy atom. The number of halogens is 15. The third-order valence-electron chi connectivity index (χ3n) is 12.8. The van der Waals surface area contributed by atoms with Gasteiger partial charge in [0, 0.05) is 0 Å². The Morgan fingerprint density at radius 2 is 0.667 bits per heavy atom. The minimum Gasteiger partial charge on any atom is -0.406 e. The van der Waals surface area contributed by atoms with Crippen LogP contribution in [0.15, 0.2) is 72.8 Å². The first kappa shape index (κ1) is 61.8. The molecule has 12 nitrogen and oxygen atoms in total. The molecule has 0 radical (unpaired) electrons. The molecule has 0 aliphatic heterocycles. The maximum Gasteiger partial charge on any atom is 0.573 e. The van der Waals surface area contributed by atoms with Crippen molar-refractivity contribution in [2.45, 2.75) is 153 Å². The van der Waals surface area contributed by atoms with Crippen molar-refractivity contribution in [2.75, 3.05) is 0 Å². The van der Waals surface area contributed by atoms with Crippen LogP contribution in [0.2, 0.25) is 0 Å². The normalized spacial score (nSPS) is 18.6. The number of benzene rings is 3. The van der Waals surface area contributed by atoms with Crippen LogP contribution >= 0.6 is 0 Å². The lowest BCUT2D eigenvalue weighted by Gasteiger charge is -2.22. The quantitative estimate of drug-likeness (QED) is 0.0567. The maximum atomic E-state index is 12.9. The highest BCUT2D eigenvalue weighted by molar-refractivity contribution is 5.78. The first-order valence-corrected chi connectivity index (χ1v) is 22.9. The molecule has 3 aliphatic carbocycles. The number of ether oxygens (including phenoxy) is 3. The van der Waals surface area contributed by atoms with E-state index in [1.807, 2.05) is 0 Å². The second-order valence-electron chi connectivity index (χ2n) is 18.5. The molecule has 3 amide bonds. The highest BCUT2D eigenvalue weighted by Gasteiger charge is 2.58. The molecular formula is C48H54F15N3O9. The summed E-state index contributed by atoms with van der Waals surface area (Å²) in [7, 11) is 0. The minimum atomic E-state index is -4.83. The standard InChI is InChI=1S/3C16H18F5NO3/c3*1-9(10-3-2-4-11(7-10)25-16(19,20)21)22-13(24)8-12(23)15(5-6-15)14(17)18/h3*2-4,7,9,12,14,23H,5-6,8H2,1H3,(H,22,24)/t9-,12?;9-,12+;9-,12-/m000/s1. The smallest absolute Gasteiger partial charge is 0.406 e. The molecule has 6 atom stereocenters. The van der Waals surface area contributed by atoms with E-state index in [1.165, 1.54) is 57.2 Å². The van der Waals surface area contributed by atoms with E-state index >= 15 is 0 Å². The fourth-order valence-electron chi connectivity index (χ4n) is 7.75. The van der Waals surface area contributed by atoms with E-state index in [2.05, 4.69) is 30.2 Å². The summed E-state index contributed by atoms with van der Waals surface area (Å²) in [5, 5.41) is 37.0. The monoisotopic (exact) mass is 1100 g/mol. The van der Waals surface area contributed by atoms with Gasteiger partial charge in [0.25, 0.3) is 0 Å². The van der Waals surface area contributed by atoms with Crippen LogP contribution in [0.1, 0.15) is 113 Å². The molecule has 3 aromatic rings. The first-order valence-electron chi connectivity index (χ1n) is 22.9. The molecule has 6 rings (SSSR count). The predicted octanol–water partition coefficient (Wildman–Crippen LogP) is 10.7. The van der Waals surface area contributed by atoms with Crippen LogP contribution < -0.4 is 30.2 Å². The molecule has 27 heteroatoms. The van der Waals surface area contributed by atoms with Crippen molar-refractivity contribution in [1.82, 2.24) is 16.0 Å². The number of aliphatic hydroxyl groups is 3. The molecule has 0 spiro atoms. The van der Waals surface area contributed by atoms with Crippen LogP contribution in [0.5, 0.6) is 17.2 Å². The van der Waals surface area contributed by atoms with Gasteiger partial charge in [0.05, 0.1) is 71.9 Å². The Labute approximate surface area is 419 Å². The summed E-state index contributed by atoms with van der Waals surface area (Å²) < 4.78 is 199. The van der Waals surface area contributed by atoms with Crippen LogP contribution in [0, 0.1) is 16.2 Å². The van der Waals surface area contributed by atoms with Crippen molar-refractivity contribution in [2.24, 2.45) is 16.2 Å². The highest BCUT2D eigenvalue weighted by Crippen LogP contribution is 2.56. The van der Waals surface area contributed by atoms with Crippen LogP contribution in [0.4, 0.5) is 65.9 Å². The van der Waals surface area contributed by atoms with Crippen molar-refractivity contribution in [3.8, 4) is 17.2 Å². The molecule has 3 saturated carbocycles. The van der Waals surface area contributed by atoms with Crippen LogP contribution in [-0.2, 0) is 14.4 Å². The molecule has 1 unspecified atom stereocenters. The molecule has 420 valence electrons. The van der Waals surface area contributed by atoms with Gasteiger partial charge < -0.3 is 45.5 Å². The van der Waals surface area contributed by atoms with E-state index in [0.717, 1.165) is 36.4 Å². The van der Waals surface area contributed by atoms with Gasteiger partial charge in [-0.15, -0.1) is 39.5 Å². The van der Waals surface area contributed by atoms with Crippen LogP contribution in [-0.4, -0.2) is 89.7 Å². The summed E-state index contributed by atoms with van der Waals surface area (Å²) in [5.41, 5.74) is -3.50. The summed E-state index contributed by atoms with van der Waals surface area (Å²) in [5.74, 6) is -3.26. The van der Waals surface area contributed by atoms with Crippen molar-refractivity contribution in [3.05, 3.63) is 89.5 Å². The number of carbonyl (C=O) groups is 3. The van der Waals surface area contributed by atoms with E-state index in [1.54, 1.807) is 0 Å². The van der Waals surface area contributed by atoms with E-state index in [4.69, 9.17) is 0 Å². The summed E-state index contributed by atoms with van der Waals surface area (Å²) >= 11 is 0. The number of alkyl halides is 15. The number of hydrogen-bond donors (Lipinski definition) is 6. The Balaban J connectivity index is 0.000000243. The number of nitrogens with one attached hydrogen (secondary N) is 3. The van der Waals surface area contributed by atoms with E-state index in [9.17, 15) is 95.6 Å². The molecule has 0 saturated heterocycles. The zero-order chi connectivity index (χ0) is 56.5. The van der Waals surface area contributed by atoms with Gasteiger partial charge in [-0.05, 0) is 112 Å². The average Bonchev–Trinajstić information content (AvgIpc) is 4.14. The van der Waals surface area contributed by atoms with E-state index < -0.39 is 145 Å². The van der Waals surface area contributed by atoms with Gasteiger partial charge >= 0.3 is 19.1 Å². The van der Waals surface area contributed by atoms with Gasteiger partial charge in [-0.1, -0.05) is 36.4 Å². The number of hydrogen-bond acceptors (Lipinski definition) is 9. The Morgan fingerprint density at radius 1 is 0.453 bits per heavy atom. The lowest BCUT2D eigenvalue weighted by Crippen LogP contribution is -2.36. The minimum absolute atomic E-state index is 0.158. The van der Waals surface area contributed by atoms with Gasteiger partial charge in [0.1, 0.15) is 17.2 Å². The molecule has 0 aromatic heterocycles. The number of carbonyl (C=O) groups excluding carboxylic acids is 3. The molecule has 6 N–H and O–H groups in total. The lowest BCUT2D eigenvalue weighted by atomic mass is 9.96. The SMILES string of the molecule is C[C@H](NC(=O)CC(O)C1(C(F)F)CC1)c1cccc(OC(F)(F)F)c1.C[C@H](NC(=O)C[C@@H](O)C1(C(F)F)CC1)c1cccc(OC(F)(F)F)c1.C[C@H](NC(=O)C[C@H](O)C1(C(F)F)CC1)c1cccc(OC(F)(F)F)c1. The number of aliphatic hydroxyl groups excluding tert-OH is 3. The summed E-state index contributed by atoms with van der Waals surface area (Å²) in [6, 6.07) is 13.2. The van der Waals surface area contributed by atoms with E-state index in [0.29, 0.717) is 16.7 Å². The van der Waals surface area contributed by atoms with E-state index in [-0.39, 0.29) is 38.5 Å². The molecule has 3 aromatic carbocycles. The van der Waals surface area contributed by atoms with Crippen molar-refractivity contribution in [1.29, 1.82) is 0 Å². The predicted molar refractivity (Wildman–Crippen MR) is 234 cm³/mol. The van der Waals surface area contributed by atoms with Crippen molar-refractivity contribution in [3.63, 3.8) is 0 Å². The van der Waals surface area contributed by atoms with Crippen LogP contribution in [0.3, 0.4) is 0 Å². The molecule has 0 bridgehead atoms. The van der Waals surface area contributed by atoms with Crippen molar-refractivity contribution < 1.29 is 110 Å². The molecule has 3 aliphatic rings. The fourth-order valence-corrected chi connectivity index (χ4v) is 7.75. The second kappa shape index (κ2) is 25.0. The summed E-state index contributed by atoms with van der Waals surface area (Å²) in [6.07, 6.45) is -27.5. The summed E-state index contributed by atoms with van der Waals surface area (Å²) in [6.45, 7) is 4.57. The zero-order valence-electron chi connectivity index (χ0n) is 39.9. The largest absolute Gasteiger partial charge is 0.573 e. The van der Waals surface area contributed by atoms with Gasteiger partial charge in [-0.2, -0.15) is 0 Å². The third-order valence-corrected chi connectivity index (χ3v) is 12.8. The molecular weight excluding hydrogens is 1050 g/mol. The average molecular weight is 1100 g/mol. The second-order valence-corrected chi connectivity index (χ2v) is 18.5. The molecule has 3 fully saturated rings. The zero-order valence-corrected chi connectivity index (χ0v) is 39.9. The van der Waals surface area contributed by atoms with Gasteiger partial charge in [0.2, 0.25) is 37.0 Å².